The molecule has 2 N–H and O–H groups in total. The Morgan fingerprint density at radius 3 is 2.74 bits per heavy atom. The summed E-state index contributed by atoms with van der Waals surface area (Å²) >= 11 is 0. The Hall–Kier alpha value is -0.610. The van der Waals surface area contributed by atoms with Gasteiger partial charge in [0.2, 0.25) is 5.91 Å². The van der Waals surface area contributed by atoms with Crippen molar-refractivity contribution in [3.63, 3.8) is 0 Å². The molecule has 1 amide bonds. The first-order chi connectivity index (χ1) is 9.16. The Balaban J connectivity index is 1.65. The highest BCUT2D eigenvalue weighted by atomic mass is 16.1. The van der Waals surface area contributed by atoms with Crippen LogP contribution in [0.15, 0.2) is 0 Å². The zero-order valence-corrected chi connectivity index (χ0v) is 12.5. The monoisotopic (exact) mass is 267 g/mol. The van der Waals surface area contributed by atoms with Crippen LogP contribution in [0.5, 0.6) is 0 Å². The third kappa shape index (κ3) is 4.46. The average molecular weight is 267 g/mol. The Kier molecular flexibility index (Phi) is 5.64. The molecular weight excluding hydrogens is 238 g/mol. The first-order valence-electron chi connectivity index (χ1n) is 7.90. The van der Waals surface area contributed by atoms with Gasteiger partial charge in [0.15, 0.2) is 0 Å². The number of piperidine rings is 1. The van der Waals surface area contributed by atoms with Crippen molar-refractivity contribution in [2.75, 3.05) is 32.7 Å². The molecule has 2 fully saturated rings. The fraction of sp³-hybridized carbons (Fsp3) is 0.933. The number of carbonyl (C=O) groups is 1. The summed E-state index contributed by atoms with van der Waals surface area (Å²) in [6.07, 6.45) is 5.04. The number of rotatable bonds is 5. The molecule has 0 saturated carbocycles. The van der Waals surface area contributed by atoms with Gasteiger partial charge in [-0.05, 0) is 51.7 Å². The van der Waals surface area contributed by atoms with E-state index < -0.39 is 0 Å². The van der Waals surface area contributed by atoms with Crippen molar-refractivity contribution in [2.45, 2.75) is 45.6 Å². The number of amides is 1. The second kappa shape index (κ2) is 7.25. The van der Waals surface area contributed by atoms with E-state index in [0.717, 1.165) is 26.1 Å². The molecule has 110 valence electrons. The lowest BCUT2D eigenvalue weighted by atomic mass is 10.0. The van der Waals surface area contributed by atoms with E-state index in [2.05, 4.69) is 29.4 Å². The quantitative estimate of drug-likeness (QED) is 0.787. The average Bonchev–Trinajstić information content (AvgIpc) is 2.83. The van der Waals surface area contributed by atoms with Crippen LogP contribution in [0, 0.1) is 11.8 Å². The van der Waals surface area contributed by atoms with E-state index in [0.29, 0.717) is 12.0 Å². The molecule has 3 atom stereocenters. The Morgan fingerprint density at radius 2 is 2.11 bits per heavy atom. The summed E-state index contributed by atoms with van der Waals surface area (Å²) in [7, 11) is 0. The summed E-state index contributed by atoms with van der Waals surface area (Å²) in [5.41, 5.74) is 0. The number of nitrogens with zero attached hydrogens (tertiary/aromatic N) is 1. The minimum atomic E-state index is 0.169. The fourth-order valence-electron chi connectivity index (χ4n) is 3.27. The summed E-state index contributed by atoms with van der Waals surface area (Å²) in [5.74, 6) is 0.955. The maximum atomic E-state index is 12.1. The molecule has 2 saturated heterocycles. The SMILES string of the molecule is CC(CNC(=O)C1CCNC1C)CN1CCCCC1. The highest BCUT2D eigenvalue weighted by Crippen LogP contribution is 2.15. The van der Waals surface area contributed by atoms with E-state index in [1.165, 1.54) is 32.4 Å². The predicted octanol–water partition coefficient (Wildman–Crippen LogP) is 1.22. The minimum Gasteiger partial charge on any atom is -0.355 e. The van der Waals surface area contributed by atoms with E-state index in [1.54, 1.807) is 0 Å². The molecule has 0 aromatic carbocycles. The summed E-state index contributed by atoms with van der Waals surface area (Å²) in [6.45, 7) is 9.74. The van der Waals surface area contributed by atoms with Gasteiger partial charge in [0.25, 0.3) is 0 Å². The molecule has 2 rings (SSSR count). The van der Waals surface area contributed by atoms with Gasteiger partial charge in [0.1, 0.15) is 0 Å². The van der Waals surface area contributed by atoms with Crippen molar-refractivity contribution < 1.29 is 4.79 Å². The van der Waals surface area contributed by atoms with Crippen molar-refractivity contribution in [1.82, 2.24) is 15.5 Å². The number of nitrogens with one attached hydrogen (secondary N) is 2. The van der Waals surface area contributed by atoms with Crippen molar-refractivity contribution in [3.8, 4) is 0 Å². The molecule has 19 heavy (non-hydrogen) atoms. The summed E-state index contributed by atoms with van der Waals surface area (Å²) in [5, 5.41) is 6.47. The van der Waals surface area contributed by atoms with Gasteiger partial charge in [-0.3, -0.25) is 4.79 Å². The van der Waals surface area contributed by atoms with Crippen LogP contribution in [-0.4, -0.2) is 49.6 Å². The van der Waals surface area contributed by atoms with E-state index >= 15 is 0 Å². The van der Waals surface area contributed by atoms with Gasteiger partial charge in [-0.1, -0.05) is 13.3 Å². The van der Waals surface area contributed by atoms with E-state index in [9.17, 15) is 4.79 Å². The highest BCUT2D eigenvalue weighted by molar-refractivity contribution is 5.79. The van der Waals surface area contributed by atoms with Gasteiger partial charge < -0.3 is 15.5 Å². The van der Waals surface area contributed by atoms with Crippen molar-refractivity contribution in [1.29, 1.82) is 0 Å². The van der Waals surface area contributed by atoms with E-state index in [-0.39, 0.29) is 11.8 Å². The van der Waals surface area contributed by atoms with Crippen LogP contribution < -0.4 is 10.6 Å². The third-order valence-electron chi connectivity index (χ3n) is 4.51. The first-order valence-corrected chi connectivity index (χ1v) is 7.90. The van der Waals surface area contributed by atoms with Crippen LogP contribution >= 0.6 is 0 Å². The Labute approximate surface area is 117 Å². The normalized spacial score (nSPS) is 30.2. The lowest BCUT2D eigenvalue weighted by molar-refractivity contribution is -0.125. The number of hydrogen-bond donors (Lipinski definition) is 2. The molecule has 2 heterocycles. The van der Waals surface area contributed by atoms with Crippen LogP contribution in [0.3, 0.4) is 0 Å². The van der Waals surface area contributed by atoms with Crippen LogP contribution in [0.25, 0.3) is 0 Å². The smallest absolute Gasteiger partial charge is 0.224 e. The van der Waals surface area contributed by atoms with Crippen LogP contribution in [0.4, 0.5) is 0 Å². The summed E-state index contributed by atoms with van der Waals surface area (Å²) < 4.78 is 0. The van der Waals surface area contributed by atoms with Gasteiger partial charge >= 0.3 is 0 Å². The fourth-order valence-corrected chi connectivity index (χ4v) is 3.27. The minimum absolute atomic E-state index is 0.169. The molecule has 0 aliphatic carbocycles. The standard InChI is InChI=1S/C15H29N3O/c1-12(11-18-8-4-3-5-9-18)10-17-15(19)14-6-7-16-13(14)2/h12-14,16H,3-11H2,1-2H3,(H,17,19). The van der Waals surface area contributed by atoms with Crippen molar-refractivity contribution in [2.24, 2.45) is 11.8 Å². The number of hydrogen-bond acceptors (Lipinski definition) is 3. The maximum Gasteiger partial charge on any atom is 0.224 e. The second-order valence-electron chi connectivity index (χ2n) is 6.35. The van der Waals surface area contributed by atoms with Gasteiger partial charge in [-0.15, -0.1) is 0 Å². The van der Waals surface area contributed by atoms with Crippen LogP contribution in [0.2, 0.25) is 0 Å². The Bertz CT molecular complexity index is 289. The highest BCUT2D eigenvalue weighted by Gasteiger charge is 2.29. The third-order valence-corrected chi connectivity index (χ3v) is 4.51. The molecule has 0 aromatic heterocycles. The maximum absolute atomic E-state index is 12.1. The molecule has 3 unspecified atom stereocenters. The molecule has 0 aromatic rings. The van der Waals surface area contributed by atoms with Crippen LogP contribution in [0.1, 0.15) is 39.5 Å². The van der Waals surface area contributed by atoms with Crippen LogP contribution in [-0.2, 0) is 4.79 Å². The van der Waals surface area contributed by atoms with E-state index in [1.807, 2.05) is 0 Å². The molecule has 4 heteroatoms. The summed E-state index contributed by atoms with van der Waals surface area (Å²) in [4.78, 5) is 14.6. The topological polar surface area (TPSA) is 44.4 Å². The van der Waals surface area contributed by atoms with Gasteiger partial charge in [-0.25, -0.2) is 0 Å². The molecular formula is C15H29N3O. The summed E-state index contributed by atoms with van der Waals surface area (Å²) in [6, 6.07) is 0.331. The van der Waals surface area contributed by atoms with E-state index in [4.69, 9.17) is 0 Å². The Morgan fingerprint density at radius 1 is 1.37 bits per heavy atom. The lowest BCUT2D eigenvalue weighted by Gasteiger charge is -2.29. The zero-order valence-electron chi connectivity index (χ0n) is 12.5. The van der Waals surface area contributed by atoms with Gasteiger partial charge in [0, 0.05) is 19.1 Å². The van der Waals surface area contributed by atoms with Gasteiger partial charge in [-0.2, -0.15) is 0 Å². The number of carbonyl (C=O) groups excluding carboxylic acids is 1. The second-order valence-corrected chi connectivity index (χ2v) is 6.35. The zero-order chi connectivity index (χ0) is 13.7. The predicted molar refractivity (Wildman–Crippen MR) is 78.0 cm³/mol. The lowest BCUT2D eigenvalue weighted by Crippen LogP contribution is -2.41. The van der Waals surface area contributed by atoms with Crippen molar-refractivity contribution >= 4 is 5.91 Å². The molecule has 0 spiro atoms. The molecule has 0 radical (unpaired) electrons. The number of likely N-dealkylation sites (tertiary alicyclic amines) is 1. The first kappa shape index (κ1) is 14.8. The van der Waals surface area contributed by atoms with Gasteiger partial charge in [0.05, 0.1) is 5.92 Å². The molecule has 4 nitrogen and oxygen atoms in total. The molecule has 0 bridgehead atoms. The molecule has 2 aliphatic heterocycles. The largest absolute Gasteiger partial charge is 0.355 e. The van der Waals surface area contributed by atoms with Crippen molar-refractivity contribution in [3.05, 3.63) is 0 Å². The molecule has 2 aliphatic rings.